The SMILES string of the molecule is CC(C)Oc1cccc(NC(=O)[C@H](C)Oc2cccc3c2CCCC3)c1. The van der Waals surface area contributed by atoms with Crippen LogP contribution < -0.4 is 14.8 Å². The fourth-order valence-electron chi connectivity index (χ4n) is 3.26. The number of anilines is 1. The van der Waals surface area contributed by atoms with Gasteiger partial charge in [0.2, 0.25) is 0 Å². The van der Waals surface area contributed by atoms with E-state index in [0.717, 1.165) is 24.3 Å². The van der Waals surface area contributed by atoms with Gasteiger partial charge in [0, 0.05) is 11.8 Å². The van der Waals surface area contributed by atoms with Crippen molar-refractivity contribution < 1.29 is 14.3 Å². The summed E-state index contributed by atoms with van der Waals surface area (Å²) in [6.45, 7) is 5.73. The molecule has 2 aromatic rings. The zero-order valence-electron chi connectivity index (χ0n) is 15.7. The quantitative estimate of drug-likeness (QED) is 0.814. The molecule has 4 heteroatoms. The molecule has 1 atom stereocenters. The van der Waals surface area contributed by atoms with E-state index in [2.05, 4.69) is 11.4 Å². The molecule has 0 fully saturated rings. The first kappa shape index (κ1) is 18.3. The molecule has 0 aromatic heterocycles. The lowest BCUT2D eigenvalue weighted by molar-refractivity contribution is -0.122. The predicted octanol–water partition coefficient (Wildman–Crippen LogP) is 4.76. The van der Waals surface area contributed by atoms with Gasteiger partial charge in [0.25, 0.3) is 5.91 Å². The van der Waals surface area contributed by atoms with Crippen LogP contribution in [0.1, 0.15) is 44.7 Å². The summed E-state index contributed by atoms with van der Waals surface area (Å²) in [5.74, 6) is 1.41. The monoisotopic (exact) mass is 353 g/mol. The fourth-order valence-corrected chi connectivity index (χ4v) is 3.26. The molecule has 138 valence electrons. The molecule has 1 N–H and O–H groups in total. The molecule has 0 spiro atoms. The Morgan fingerprint density at radius 1 is 1.00 bits per heavy atom. The zero-order chi connectivity index (χ0) is 18.5. The molecule has 0 unspecified atom stereocenters. The van der Waals surface area contributed by atoms with Crippen LogP contribution in [0.3, 0.4) is 0 Å². The van der Waals surface area contributed by atoms with Crippen LogP contribution in [-0.4, -0.2) is 18.1 Å². The second-order valence-electron chi connectivity index (χ2n) is 7.04. The summed E-state index contributed by atoms with van der Waals surface area (Å²) in [4.78, 5) is 12.5. The van der Waals surface area contributed by atoms with E-state index in [4.69, 9.17) is 9.47 Å². The summed E-state index contributed by atoms with van der Waals surface area (Å²) in [5.41, 5.74) is 3.31. The third-order valence-electron chi connectivity index (χ3n) is 4.50. The van der Waals surface area contributed by atoms with Crippen molar-refractivity contribution >= 4 is 11.6 Å². The van der Waals surface area contributed by atoms with Crippen molar-refractivity contribution in [1.82, 2.24) is 0 Å². The Balaban J connectivity index is 1.65. The van der Waals surface area contributed by atoms with Crippen molar-refractivity contribution in [3.05, 3.63) is 53.6 Å². The molecule has 0 radical (unpaired) electrons. The third-order valence-corrected chi connectivity index (χ3v) is 4.50. The number of fused-ring (bicyclic) bond motifs is 1. The van der Waals surface area contributed by atoms with Crippen molar-refractivity contribution in [3.63, 3.8) is 0 Å². The maximum absolute atomic E-state index is 12.5. The van der Waals surface area contributed by atoms with E-state index in [-0.39, 0.29) is 12.0 Å². The van der Waals surface area contributed by atoms with Crippen LogP contribution in [-0.2, 0) is 17.6 Å². The van der Waals surface area contributed by atoms with Gasteiger partial charge in [-0.2, -0.15) is 0 Å². The molecular weight excluding hydrogens is 326 g/mol. The highest BCUT2D eigenvalue weighted by Gasteiger charge is 2.19. The average Bonchev–Trinajstić information content (AvgIpc) is 2.61. The third kappa shape index (κ3) is 4.57. The molecular formula is C22H27NO3. The van der Waals surface area contributed by atoms with E-state index >= 15 is 0 Å². The van der Waals surface area contributed by atoms with Gasteiger partial charge in [-0.05, 0) is 75.8 Å². The average molecular weight is 353 g/mol. The maximum Gasteiger partial charge on any atom is 0.265 e. The predicted molar refractivity (Wildman–Crippen MR) is 104 cm³/mol. The zero-order valence-corrected chi connectivity index (χ0v) is 15.7. The van der Waals surface area contributed by atoms with Crippen molar-refractivity contribution in [3.8, 4) is 11.5 Å². The number of rotatable bonds is 6. The van der Waals surface area contributed by atoms with Crippen molar-refractivity contribution in [2.24, 2.45) is 0 Å². The Kier molecular flexibility index (Phi) is 5.82. The second kappa shape index (κ2) is 8.26. The standard InChI is InChI=1S/C22H27NO3/c1-15(2)25-19-11-7-10-18(14-19)23-22(24)16(3)26-21-13-6-9-17-8-4-5-12-20(17)21/h6-7,9-11,13-16H,4-5,8,12H2,1-3H3,(H,23,24)/t16-/m0/s1. The minimum Gasteiger partial charge on any atom is -0.491 e. The molecule has 2 aromatic carbocycles. The largest absolute Gasteiger partial charge is 0.491 e. The fraction of sp³-hybridized carbons (Fsp3) is 0.409. The number of benzene rings is 2. The lowest BCUT2D eigenvalue weighted by Gasteiger charge is -2.22. The molecule has 0 bridgehead atoms. The summed E-state index contributed by atoms with van der Waals surface area (Å²) in [5, 5.41) is 2.91. The number of aryl methyl sites for hydroxylation is 1. The molecule has 1 aliphatic carbocycles. The second-order valence-corrected chi connectivity index (χ2v) is 7.04. The Bertz CT molecular complexity index is 770. The molecule has 3 rings (SSSR count). The van der Waals surface area contributed by atoms with Gasteiger partial charge >= 0.3 is 0 Å². The minimum atomic E-state index is -0.571. The molecule has 0 saturated carbocycles. The van der Waals surface area contributed by atoms with Crippen LogP contribution in [0.4, 0.5) is 5.69 Å². The Hall–Kier alpha value is -2.49. The summed E-state index contributed by atoms with van der Waals surface area (Å²) in [7, 11) is 0. The van der Waals surface area contributed by atoms with E-state index in [9.17, 15) is 4.79 Å². The summed E-state index contributed by atoms with van der Waals surface area (Å²) in [6.07, 6.45) is 4.03. The van der Waals surface area contributed by atoms with Crippen molar-refractivity contribution in [2.75, 3.05) is 5.32 Å². The first-order chi connectivity index (χ1) is 12.5. The summed E-state index contributed by atoms with van der Waals surface area (Å²) < 4.78 is 11.7. The van der Waals surface area contributed by atoms with E-state index in [1.165, 1.54) is 24.0 Å². The van der Waals surface area contributed by atoms with Gasteiger partial charge < -0.3 is 14.8 Å². The Labute approximate surface area is 155 Å². The van der Waals surface area contributed by atoms with Gasteiger partial charge in [-0.15, -0.1) is 0 Å². The van der Waals surface area contributed by atoms with Crippen LogP contribution >= 0.6 is 0 Å². The van der Waals surface area contributed by atoms with Crippen molar-refractivity contribution in [1.29, 1.82) is 0 Å². The lowest BCUT2D eigenvalue weighted by Crippen LogP contribution is -2.30. The first-order valence-corrected chi connectivity index (χ1v) is 9.38. The van der Waals surface area contributed by atoms with E-state index in [1.807, 2.05) is 50.2 Å². The number of amides is 1. The number of hydrogen-bond acceptors (Lipinski definition) is 3. The van der Waals surface area contributed by atoms with Crippen LogP contribution in [0.5, 0.6) is 11.5 Å². The normalized spacial score (nSPS) is 14.5. The number of ether oxygens (including phenoxy) is 2. The molecule has 0 saturated heterocycles. The molecule has 4 nitrogen and oxygen atoms in total. The van der Waals surface area contributed by atoms with Gasteiger partial charge in [0.1, 0.15) is 11.5 Å². The van der Waals surface area contributed by atoms with Crippen LogP contribution in [0.25, 0.3) is 0 Å². The van der Waals surface area contributed by atoms with Crippen LogP contribution in [0.2, 0.25) is 0 Å². The minimum absolute atomic E-state index is 0.0902. The number of carbonyl (C=O) groups excluding carboxylic acids is 1. The number of carbonyl (C=O) groups is 1. The Morgan fingerprint density at radius 2 is 1.77 bits per heavy atom. The van der Waals surface area contributed by atoms with Crippen molar-refractivity contribution in [2.45, 2.75) is 58.7 Å². The number of nitrogens with one attached hydrogen (secondary N) is 1. The van der Waals surface area contributed by atoms with Gasteiger partial charge in [-0.1, -0.05) is 18.2 Å². The van der Waals surface area contributed by atoms with Crippen LogP contribution in [0.15, 0.2) is 42.5 Å². The van der Waals surface area contributed by atoms with Gasteiger partial charge in [-0.3, -0.25) is 4.79 Å². The molecule has 26 heavy (non-hydrogen) atoms. The van der Waals surface area contributed by atoms with E-state index in [0.29, 0.717) is 5.69 Å². The van der Waals surface area contributed by atoms with E-state index in [1.54, 1.807) is 6.92 Å². The highest BCUT2D eigenvalue weighted by Crippen LogP contribution is 2.30. The smallest absolute Gasteiger partial charge is 0.265 e. The van der Waals surface area contributed by atoms with Gasteiger partial charge in [0.05, 0.1) is 6.10 Å². The van der Waals surface area contributed by atoms with E-state index < -0.39 is 6.10 Å². The maximum atomic E-state index is 12.5. The summed E-state index contributed by atoms with van der Waals surface area (Å²) in [6, 6.07) is 13.6. The number of hydrogen-bond donors (Lipinski definition) is 1. The molecule has 1 amide bonds. The van der Waals surface area contributed by atoms with Gasteiger partial charge in [0.15, 0.2) is 6.10 Å². The Morgan fingerprint density at radius 3 is 2.58 bits per heavy atom. The van der Waals surface area contributed by atoms with Gasteiger partial charge in [-0.25, -0.2) is 0 Å². The lowest BCUT2D eigenvalue weighted by atomic mass is 9.91. The topological polar surface area (TPSA) is 47.6 Å². The highest BCUT2D eigenvalue weighted by molar-refractivity contribution is 5.94. The van der Waals surface area contributed by atoms with Crippen LogP contribution in [0, 0.1) is 0 Å². The first-order valence-electron chi connectivity index (χ1n) is 9.38. The highest BCUT2D eigenvalue weighted by atomic mass is 16.5. The molecule has 1 aliphatic rings. The summed E-state index contributed by atoms with van der Waals surface area (Å²) >= 11 is 0. The molecule has 0 heterocycles. The molecule has 0 aliphatic heterocycles.